The molecule has 1 aromatic carbocycles. The summed E-state index contributed by atoms with van der Waals surface area (Å²) in [6.07, 6.45) is 2.14. The summed E-state index contributed by atoms with van der Waals surface area (Å²) in [6.45, 7) is 5.02. The minimum atomic E-state index is -0.526. The van der Waals surface area contributed by atoms with Gasteiger partial charge in [-0.05, 0) is 24.1 Å². The van der Waals surface area contributed by atoms with Crippen molar-refractivity contribution in [3.05, 3.63) is 29.6 Å². The second kappa shape index (κ2) is 6.99. The predicted molar refractivity (Wildman–Crippen MR) is 70.3 cm³/mol. The second-order valence-corrected chi connectivity index (χ2v) is 4.24. The van der Waals surface area contributed by atoms with Gasteiger partial charge < -0.3 is 10.1 Å². The minimum Gasteiger partial charge on any atom is -0.465 e. The SMILES string of the molecule is CCC(CC)CNc1ccc(F)cc1C(=O)OC. The van der Waals surface area contributed by atoms with E-state index in [9.17, 15) is 9.18 Å². The van der Waals surface area contributed by atoms with E-state index < -0.39 is 11.8 Å². The fourth-order valence-electron chi connectivity index (χ4n) is 1.78. The predicted octanol–water partition coefficient (Wildman–Crippen LogP) is 3.46. The molecule has 0 aliphatic heterocycles. The number of esters is 1. The maximum atomic E-state index is 13.1. The van der Waals surface area contributed by atoms with Crippen molar-refractivity contribution in [2.24, 2.45) is 5.92 Å². The Hall–Kier alpha value is -1.58. The van der Waals surface area contributed by atoms with E-state index in [-0.39, 0.29) is 5.56 Å². The van der Waals surface area contributed by atoms with Gasteiger partial charge in [0.15, 0.2) is 0 Å². The van der Waals surface area contributed by atoms with Crippen molar-refractivity contribution in [1.29, 1.82) is 0 Å². The molecule has 0 bridgehead atoms. The molecule has 18 heavy (non-hydrogen) atoms. The van der Waals surface area contributed by atoms with Crippen LogP contribution in [0.5, 0.6) is 0 Å². The van der Waals surface area contributed by atoms with Gasteiger partial charge in [0.1, 0.15) is 5.82 Å². The highest BCUT2D eigenvalue weighted by atomic mass is 19.1. The molecular weight excluding hydrogens is 233 g/mol. The molecule has 0 aromatic heterocycles. The summed E-state index contributed by atoms with van der Waals surface area (Å²) in [5.74, 6) is -0.425. The van der Waals surface area contributed by atoms with Crippen LogP contribution >= 0.6 is 0 Å². The molecule has 0 unspecified atom stereocenters. The van der Waals surface area contributed by atoms with Gasteiger partial charge in [0.25, 0.3) is 0 Å². The largest absolute Gasteiger partial charge is 0.465 e. The van der Waals surface area contributed by atoms with Gasteiger partial charge in [0, 0.05) is 12.2 Å². The Balaban J connectivity index is 2.84. The monoisotopic (exact) mass is 253 g/mol. The first-order valence-electron chi connectivity index (χ1n) is 6.24. The Bertz CT molecular complexity index is 403. The molecule has 0 saturated carbocycles. The highest BCUT2D eigenvalue weighted by Gasteiger charge is 2.13. The molecule has 0 aliphatic rings. The summed E-state index contributed by atoms with van der Waals surface area (Å²) in [5.41, 5.74) is 0.860. The standard InChI is InChI=1S/C14H20FNO2/c1-4-10(5-2)9-16-13-7-6-11(15)8-12(13)14(17)18-3/h6-8,10,16H,4-5,9H2,1-3H3. The summed E-state index contributed by atoms with van der Waals surface area (Å²) < 4.78 is 17.8. The quantitative estimate of drug-likeness (QED) is 0.789. The van der Waals surface area contributed by atoms with Crippen LogP contribution in [0.15, 0.2) is 18.2 Å². The van der Waals surface area contributed by atoms with Crippen LogP contribution in [0.1, 0.15) is 37.0 Å². The van der Waals surface area contributed by atoms with Crippen molar-refractivity contribution in [2.75, 3.05) is 19.0 Å². The fraction of sp³-hybridized carbons (Fsp3) is 0.500. The van der Waals surface area contributed by atoms with Crippen LogP contribution in [-0.2, 0) is 4.74 Å². The average molecular weight is 253 g/mol. The molecule has 1 N–H and O–H groups in total. The highest BCUT2D eigenvalue weighted by Crippen LogP contribution is 2.19. The maximum Gasteiger partial charge on any atom is 0.340 e. The van der Waals surface area contributed by atoms with Gasteiger partial charge in [0.2, 0.25) is 0 Å². The van der Waals surface area contributed by atoms with Crippen LogP contribution in [0, 0.1) is 11.7 Å². The first-order valence-corrected chi connectivity index (χ1v) is 6.24. The average Bonchev–Trinajstić information content (AvgIpc) is 2.40. The molecule has 1 rings (SSSR count). The molecule has 100 valence electrons. The van der Waals surface area contributed by atoms with Crippen molar-refractivity contribution >= 4 is 11.7 Å². The number of hydrogen-bond donors (Lipinski definition) is 1. The zero-order chi connectivity index (χ0) is 13.5. The maximum absolute atomic E-state index is 13.1. The first-order chi connectivity index (χ1) is 8.62. The molecule has 0 radical (unpaired) electrons. The molecular formula is C14H20FNO2. The summed E-state index contributed by atoms with van der Waals surface area (Å²) >= 11 is 0. The zero-order valence-electron chi connectivity index (χ0n) is 11.1. The van der Waals surface area contributed by atoms with E-state index >= 15 is 0 Å². The number of anilines is 1. The van der Waals surface area contributed by atoms with E-state index in [2.05, 4.69) is 23.9 Å². The Kier molecular flexibility index (Phi) is 5.62. The number of benzene rings is 1. The van der Waals surface area contributed by atoms with E-state index in [1.165, 1.54) is 19.2 Å². The smallest absolute Gasteiger partial charge is 0.340 e. The lowest BCUT2D eigenvalue weighted by Gasteiger charge is -2.16. The molecule has 3 nitrogen and oxygen atoms in total. The van der Waals surface area contributed by atoms with Gasteiger partial charge in [-0.15, -0.1) is 0 Å². The van der Waals surface area contributed by atoms with Crippen molar-refractivity contribution in [2.45, 2.75) is 26.7 Å². The fourth-order valence-corrected chi connectivity index (χ4v) is 1.78. The molecule has 0 atom stereocenters. The number of hydrogen-bond acceptors (Lipinski definition) is 3. The number of ether oxygens (including phenoxy) is 1. The van der Waals surface area contributed by atoms with Gasteiger partial charge in [0.05, 0.1) is 12.7 Å². The second-order valence-electron chi connectivity index (χ2n) is 4.24. The lowest BCUT2D eigenvalue weighted by atomic mass is 10.0. The zero-order valence-corrected chi connectivity index (χ0v) is 11.1. The van der Waals surface area contributed by atoms with Gasteiger partial charge in [-0.25, -0.2) is 9.18 Å². The third kappa shape index (κ3) is 3.72. The van der Waals surface area contributed by atoms with E-state index in [0.29, 0.717) is 11.6 Å². The van der Waals surface area contributed by atoms with E-state index in [1.807, 2.05) is 0 Å². The summed E-state index contributed by atoms with van der Waals surface area (Å²) in [6, 6.07) is 4.10. The van der Waals surface area contributed by atoms with E-state index in [4.69, 9.17) is 0 Å². The van der Waals surface area contributed by atoms with Gasteiger partial charge in [-0.2, -0.15) is 0 Å². The molecule has 0 spiro atoms. The molecule has 0 aliphatic carbocycles. The first kappa shape index (κ1) is 14.5. The summed E-state index contributed by atoms with van der Waals surface area (Å²) in [4.78, 5) is 11.5. The van der Waals surface area contributed by atoms with Crippen molar-refractivity contribution < 1.29 is 13.9 Å². The Morgan fingerprint density at radius 1 is 1.39 bits per heavy atom. The van der Waals surface area contributed by atoms with Crippen LogP contribution in [0.3, 0.4) is 0 Å². The van der Waals surface area contributed by atoms with Crippen LogP contribution in [0.4, 0.5) is 10.1 Å². The number of methoxy groups -OCH3 is 1. The number of halogens is 1. The third-order valence-corrected chi connectivity index (χ3v) is 3.12. The Labute approximate surface area is 107 Å². The molecule has 4 heteroatoms. The lowest BCUT2D eigenvalue weighted by Crippen LogP contribution is -2.15. The normalized spacial score (nSPS) is 10.5. The van der Waals surface area contributed by atoms with Gasteiger partial charge in [-0.1, -0.05) is 26.7 Å². The van der Waals surface area contributed by atoms with Crippen LogP contribution in [0.2, 0.25) is 0 Å². The summed E-state index contributed by atoms with van der Waals surface area (Å²) in [5, 5.41) is 3.19. The molecule has 0 saturated heterocycles. The van der Waals surface area contributed by atoms with E-state index in [0.717, 1.165) is 19.4 Å². The number of carbonyl (C=O) groups is 1. The van der Waals surface area contributed by atoms with Crippen LogP contribution in [0.25, 0.3) is 0 Å². The van der Waals surface area contributed by atoms with Crippen molar-refractivity contribution in [1.82, 2.24) is 0 Å². The van der Waals surface area contributed by atoms with E-state index in [1.54, 1.807) is 6.07 Å². The Morgan fingerprint density at radius 2 is 2.06 bits per heavy atom. The molecule has 0 amide bonds. The molecule has 0 heterocycles. The number of nitrogens with one attached hydrogen (secondary N) is 1. The molecule has 0 fully saturated rings. The third-order valence-electron chi connectivity index (χ3n) is 3.12. The number of carbonyl (C=O) groups excluding carboxylic acids is 1. The van der Waals surface area contributed by atoms with Crippen LogP contribution < -0.4 is 5.32 Å². The van der Waals surface area contributed by atoms with Crippen molar-refractivity contribution in [3.8, 4) is 0 Å². The van der Waals surface area contributed by atoms with Crippen LogP contribution in [-0.4, -0.2) is 19.6 Å². The van der Waals surface area contributed by atoms with Gasteiger partial charge in [-0.3, -0.25) is 0 Å². The molecule has 1 aromatic rings. The lowest BCUT2D eigenvalue weighted by molar-refractivity contribution is 0.0601. The number of rotatable bonds is 6. The highest BCUT2D eigenvalue weighted by molar-refractivity contribution is 5.95. The van der Waals surface area contributed by atoms with Crippen molar-refractivity contribution in [3.63, 3.8) is 0 Å². The Morgan fingerprint density at radius 3 is 2.61 bits per heavy atom. The topological polar surface area (TPSA) is 38.3 Å². The van der Waals surface area contributed by atoms with Gasteiger partial charge >= 0.3 is 5.97 Å². The summed E-state index contributed by atoms with van der Waals surface area (Å²) in [7, 11) is 1.29. The minimum absolute atomic E-state index is 0.239.